The number of terminal acetylenes is 1. The van der Waals surface area contributed by atoms with Crippen LogP contribution in [0, 0.1) is 18.3 Å². The van der Waals surface area contributed by atoms with Crippen LogP contribution in [0.15, 0.2) is 30.3 Å². The predicted molar refractivity (Wildman–Crippen MR) is 85.8 cm³/mol. The molecule has 0 unspecified atom stereocenters. The third kappa shape index (κ3) is 4.54. The van der Waals surface area contributed by atoms with Crippen molar-refractivity contribution in [3.05, 3.63) is 36.0 Å². The Labute approximate surface area is 143 Å². The molecule has 25 heavy (non-hydrogen) atoms. The molecule has 0 amide bonds. The molecule has 3 rings (SSSR count). The Morgan fingerprint density at radius 2 is 2.04 bits per heavy atom. The van der Waals surface area contributed by atoms with Crippen LogP contribution in [0.1, 0.15) is 18.5 Å². The minimum Gasteiger partial charge on any atom is -0.406 e. The van der Waals surface area contributed by atoms with Crippen molar-refractivity contribution in [1.82, 2.24) is 9.78 Å². The van der Waals surface area contributed by atoms with Crippen molar-refractivity contribution in [2.45, 2.75) is 25.7 Å². The summed E-state index contributed by atoms with van der Waals surface area (Å²) in [5, 5.41) is 4.38. The summed E-state index contributed by atoms with van der Waals surface area (Å²) in [7, 11) is 0. The summed E-state index contributed by atoms with van der Waals surface area (Å²) in [4.78, 5) is 0. The third-order valence-corrected chi connectivity index (χ3v) is 4.06. The maximum atomic E-state index is 12.4. The van der Waals surface area contributed by atoms with Crippen LogP contribution >= 0.6 is 0 Å². The Kier molecular flexibility index (Phi) is 5.00. The molecular weight excluding hydrogens is 333 g/mol. The molecule has 1 saturated heterocycles. The zero-order valence-electron chi connectivity index (χ0n) is 13.4. The van der Waals surface area contributed by atoms with E-state index in [0.29, 0.717) is 42.6 Å². The molecule has 1 aliphatic rings. The zero-order chi connectivity index (χ0) is 17.9. The van der Waals surface area contributed by atoms with Crippen LogP contribution in [0.3, 0.4) is 0 Å². The predicted octanol–water partition coefficient (Wildman–Crippen LogP) is 3.86. The van der Waals surface area contributed by atoms with E-state index in [-0.39, 0.29) is 5.75 Å². The van der Waals surface area contributed by atoms with Gasteiger partial charge in [0.15, 0.2) is 0 Å². The Bertz CT molecular complexity index is 771. The molecule has 1 aromatic carbocycles. The summed E-state index contributed by atoms with van der Waals surface area (Å²) < 4.78 is 48.5. The van der Waals surface area contributed by atoms with Crippen LogP contribution in [0.2, 0.25) is 0 Å². The molecule has 0 saturated carbocycles. The van der Waals surface area contributed by atoms with E-state index in [0.717, 1.165) is 12.8 Å². The molecule has 0 aliphatic carbocycles. The van der Waals surface area contributed by atoms with Gasteiger partial charge in [-0.15, -0.1) is 19.6 Å². The topological polar surface area (TPSA) is 36.3 Å². The standard InChI is InChI=1S/C18H17F3N2O2/c1-2-15-11-17(23(22-15)12-13-6-8-24-9-7-13)14-4-3-5-16(10-14)25-18(19,20)21/h1,3-5,10-11,13H,6-9,12H2. The molecule has 2 heterocycles. The number of rotatable bonds is 4. The van der Waals surface area contributed by atoms with Crippen molar-refractivity contribution in [1.29, 1.82) is 0 Å². The fourth-order valence-corrected chi connectivity index (χ4v) is 2.88. The number of hydrogen-bond donors (Lipinski definition) is 0. The van der Waals surface area contributed by atoms with Crippen LogP contribution in [-0.2, 0) is 11.3 Å². The highest BCUT2D eigenvalue weighted by Crippen LogP contribution is 2.29. The molecule has 1 aliphatic heterocycles. The van der Waals surface area contributed by atoms with E-state index >= 15 is 0 Å². The summed E-state index contributed by atoms with van der Waals surface area (Å²) in [5.41, 5.74) is 1.69. The lowest BCUT2D eigenvalue weighted by Crippen LogP contribution is -2.21. The van der Waals surface area contributed by atoms with Crippen LogP contribution in [-0.4, -0.2) is 29.4 Å². The first kappa shape index (κ1) is 17.4. The normalized spacial score (nSPS) is 15.8. The molecule has 0 spiro atoms. The summed E-state index contributed by atoms with van der Waals surface area (Å²) >= 11 is 0. The largest absolute Gasteiger partial charge is 0.573 e. The van der Waals surface area contributed by atoms with Crippen molar-refractivity contribution in [2.24, 2.45) is 5.92 Å². The van der Waals surface area contributed by atoms with Gasteiger partial charge in [-0.25, -0.2) is 0 Å². The first-order valence-corrected chi connectivity index (χ1v) is 7.93. The molecule has 0 N–H and O–H groups in total. The van der Waals surface area contributed by atoms with E-state index in [4.69, 9.17) is 11.2 Å². The molecular formula is C18H17F3N2O2. The molecule has 0 radical (unpaired) electrons. The van der Waals surface area contributed by atoms with Gasteiger partial charge in [0.1, 0.15) is 11.4 Å². The number of benzene rings is 1. The fraction of sp³-hybridized carbons (Fsp3) is 0.389. The Hall–Kier alpha value is -2.46. The lowest BCUT2D eigenvalue weighted by molar-refractivity contribution is -0.274. The molecule has 1 fully saturated rings. The van der Waals surface area contributed by atoms with Crippen LogP contribution < -0.4 is 4.74 Å². The van der Waals surface area contributed by atoms with Crippen molar-refractivity contribution < 1.29 is 22.6 Å². The zero-order valence-corrected chi connectivity index (χ0v) is 13.4. The molecule has 7 heteroatoms. The fourth-order valence-electron chi connectivity index (χ4n) is 2.88. The molecule has 1 aromatic heterocycles. The van der Waals surface area contributed by atoms with Crippen LogP contribution in [0.4, 0.5) is 13.2 Å². The Morgan fingerprint density at radius 1 is 1.28 bits per heavy atom. The molecule has 0 bridgehead atoms. The van der Waals surface area contributed by atoms with Gasteiger partial charge in [-0.3, -0.25) is 4.68 Å². The van der Waals surface area contributed by atoms with E-state index < -0.39 is 6.36 Å². The lowest BCUT2D eigenvalue weighted by Gasteiger charge is -2.22. The first-order valence-electron chi connectivity index (χ1n) is 7.93. The van der Waals surface area contributed by atoms with Crippen LogP contribution in [0.5, 0.6) is 5.75 Å². The van der Waals surface area contributed by atoms with E-state index in [1.54, 1.807) is 16.8 Å². The molecule has 2 aromatic rings. The smallest absolute Gasteiger partial charge is 0.406 e. The van der Waals surface area contributed by atoms with Gasteiger partial charge in [0.2, 0.25) is 0 Å². The van der Waals surface area contributed by atoms with Crippen molar-refractivity contribution in [2.75, 3.05) is 13.2 Å². The maximum absolute atomic E-state index is 12.4. The summed E-state index contributed by atoms with van der Waals surface area (Å²) in [6.45, 7) is 2.06. The highest BCUT2D eigenvalue weighted by Gasteiger charge is 2.31. The van der Waals surface area contributed by atoms with E-state index in [9.17, 15) is 13.2 Å². The minimum atomic E-state index is -4.73. The maximum Gasteiger partial charge on any atom is 0.573 e. The number of nitrogens with zero attached hydrogens (tertiary/aromatic N) is 2. The SMILES string of the molecule is C#Cc1cc(-c2cccc(OC(F)(F)F)c2)n(CC2CCOCC2)n1. The second-order valence-electron chi connectivity index (χ2n) is 5.87. The second-order valence-corrected chi connectivity index (χ2v) is 5.87. The van der Waals surface area contributed by atoms with Gasteiger partial charge >= 0.3 is 6.36 Å². The van der Waals surface area contributed by atoms with E-state index in [1.165, 1.54) is 18.2 Å². The van der Waals surface area contributed by atoms with Gasteiger partial charge in [0.25, 0.3) is 0 Å². The van der Waals surface area contributed by atoms with Gasteiger partial charge < -0.3 is 9.47 Å². The highest BCUT2D eigenvalue weighted by atomic mass is 19.4. The number of ether oxygens (including phenoxy) is 2. The summed E-state index contributed by atoms with van der Waals surface area (Å²) in [5.74, 6) is 2.60. The van der Waals surface area contributed by atoms with Gasteiger partial charge in [-0.05, 0) is 36.8 Å². The number of halogens is 3. The minimum absolute atomic E-state index is 0.272. The summed E-state index contributed by atoms with van der Waals surface area (Å²) in [6, 6.07) is 7.52. The Morgan fingerprint density at radius 3 is 2.72 bits per heavy atom. The van der Waals surface area contributed by atoms with Crippen molar-refractivity contribution >= 4 is 0 Å². The van der Waals surface area contributed by atoms with Crippen LogP contribution in [0.25, 0.3) is 11.3 Å². The summed E-state index contributed by atoms with van der Waals surface area (Å²) in [6.07, 6.45) is 2.54. The van der Waals surface area contributed by atoms with Gasteiger partial charge in [0, 0.05) is 31.4 Å². The number of alkyl halides is 3. The average Bonchev–Trinajstić information content (AvgIpc) is 2.97. The van der Waals surface area contributed by atoms with E-state index in [1.807, 2.05) is 0 Å². The monoisotopic (exact) mass is 350 g/mol. The molecule has 0 atom stereocenters. The Balaban J connectivity index is 1.89. The third-order valence-electron chi connectivity index (χ3n) is 4.06. The molecule has 132 valence electrons. The van der Waals surface area contributed by atoms with Gasteiger partial charge in [-0.2, -0.15) is 5.10 Å². The van der Waals surface area contributed by atoms with Gasteiger partial charge in [0.05, 0.1) is 5.69 Å². The molecule has 4 nitrogen and oxygen atoms in total. The van der Waals surface area contributed by atoms with Gasteiger partial charge in [-0.1, -0.05) is 12.1 Å². The number of hydrogen-bond acceptors (Lipinski definition) is 3. The van der Waals surface area contributed by atoms with Crippen molar-refractivity contribution in [3.8, 4) is 29.4 Å². The quantitative estimate of drug-likeness (QED) is 0.786. The van der Waals surface area contributed by atoms with Crippen molar-refractivity contribution in [3.63, 3.8) is 0 Å². The second kappa shape index (κ2) is 7.19. The highest BCUT2D eigenvalue weighted by molar-refractivity contribution is 5.63. The van der Waals surface area contributed by atoms with E-state index in [2.05, 4.69) is 15.8 Å². The number of aromatic nitrogens is 2. The lowest BCUT2D eigenvalue weighted by atomic mass is 10.0. The average molecular weight is 350 g/mol. The first-order chi connectivity index (χ1) is 11.9.